The molecule has 6 N–H and O–H groups in total. The minimum Gasteiger partial charge on any atom is -0.394 e. The Morgan fingerprint density at radius 2 is 0.757 bits per heavy atom. The Labute approximate surface area is 458 Å². The molecule has 1 fully saturated rings. The number of nitrogens with one attached hydrogen (secondary N) is 1. The lowest BCUT2D eigenvalue weighted by Gasteiger charge is -2.40. The molecule has 0 bridgehead atoms. The van der Waals surface area contributed by atoms with E-state index >= 15 is 0 Å². The maximum atomic E-state index is 13.1. The van der Waals surface area contributed by atoms with Gasteiger partial charge < -0.3 is 40.3 Å². The van der Waals surface area contributed by atoms with Crippen LogP contribution in [0.2, 0.25) is 0 Å². The lowest BCUT2D eigenvalue weighted by atomic mass is 9.99. The Hall–Kier alpha value is -1.07. The SMILES string of the molecule is CCCCCCCCCC/C=C\CCCCCCCCCCCCCCCCCC(=O)NC(COC1OC(CO)C(O)C(O)C1O)C(O)CCCCCCCCCCCCCCCCCCCCCCCCCC. The minimum atomic E-state index is -1.55. The van der Waals surface area contributed by atoms with E-state index in [1.165, 1.54) is 276 Å². The van der Waals surface area contributed by atoms with Crippen molar-refractivity contribution in [3.05, 3.63) is 12.2 Å². The predicted octanol–water partition coefficient (Wildman–Crippen LogP) is 17.1. The Kier molecular flexibility index (Phi) is 53.0. The highest BCUT2D eigenvalue weighted by Gasteiger charge is 2.44. The fourth-order valence-electron chi connectivity index (χ4n) is 10.9. The van der Waals surface area contributed by atoms with E-state index in [1.54, 1.807) is 0 Å². The number of aliphatic hydroxyl groups excluding tert-OH is 5. The summed E-state index contributed by atoms with van der Waals surface area (Å²) in [5.41, 5.74) is 0. The summed E-state index contributed by atoms with van der Waals surface area (Å²) in [5, 5.41) is 54.9. The van der Waals surface area contributed by atoms with Crippen LogP contribution in [0.15, 0.2) is 12.2 Å². The van der Waals surface area contributed by atoms with Gasteiger partial charge in [0.05, 0.1) is 25.4 Å². The minimum absolute atomic E-state index is 0.132. The van der Waals surface area contributed by atoms with Crippen molar-refractivity contribution in [2.24, 2.45) is 0 Å². The molecule has 7 atom stereocenters. The van der Waals surface area contributed by atoms with Gasteiger partial charge in [0.25, 0.3) is 0 Å². The number of unbranched alkanes of at least 4 members (excludes halogenated alkanes) is 46. The number of hydrogen-bond acceptors (Lipinski definition) is 8. The van der Waals surface area contributed by atoms with Crippen molar-refractivity contribution in [3.8, 4) is 0 Å². The van der Waals surface area contributed by atoms with Crippen molar-refractivity contribution in [2.75, 3.05) is 13.2 Å². The van der Waals surface area contributed by atoms with Crippen molar-refractivity contribution in [1.29, 1.82) is 0 Å². The van der Waals surface area contributed by atoms with Crippen LogP contribution >= 0.6 is 0 Å². The van der Waals surface area contributed by atoms with E-state index in [-0.39, 0.29) is 12.5 Å². The maximum absolute atomic E-state index is 13.1. The number of carbonyl (C=O) groups is 1. The zero-order valence-electron chi connectivity index (χ0n) is 49.1. The van der Waals surface area contributed by atoms with Gasteiger partial charge in [-0.2, -0.15) is 0 Å². The lowest BCUT2D eigenvalue weighted by molar-refractivity contribution is -0.302. The number of rotatable bonds is 58. The number of amides is 1. The molecule has 0 aromatic rings. The van der Waals surface area contributed by atoms with Crippen LogP contribution < -0.4 is 5.32 Å². The number of carbonyl (C=O) groups excluding carboxylic acids is 1. The third kappa shape index (κ3) is 43.9. The van der Waals surface area contributed by atoms with Crippen molar-refractivity contribution >= 4 is 5.91 Å². The molecule has 1 heterocycles. The number of allylic oxidation sites excluding steroid dienone is 2. The first-order valence-corrected chi connectivity index (χ1v) is 32.9. The first-order chi connectivity index (χ1) is 36.3. The molecular formula is C65H127NO8. The van der Waals surface area contributed by atoms with E-state index in [0.29, 0.717) is 12.8 Å². The van der Waals surface area contributed by atoms with Gasteiger partial charge in [0, 0.05) is 6.42 Å². The van der Waals surface area contributed by atoms with Crippen LogP contribution in [-0.4, -0.2) is 87.5 Å². The first kappa shape index (κ1) is 70.9. The standard InChI is InChI=1S/C65H127NO8/c1-3-5-7-9-11-13-15-17-19-21-23-25-27-29-30-31-33-35-37-39-41-43-45-47-49-51-53-55-61(69)66-58(57-73-65-64(72)63(71)62(70)60(56-67)74-65)59(68)54-52-50-48-46-44-42-40-38-36-34-32-28-26-24-22-20-18-16-14-12-10-8-6-4-2/h21,23,58-60,62-65,67-68,70-72H,3-20,22,24-57H2,1-2H3,(H,66,69)/b23-21-. The van der Waals surface area contributed by atoms with Crippen LogP contribution in [0.5, 0.6) is 0 Å². The smallest absolute Gasteiger partial charge is 0.220 e. The van der Waals surface area contributed by atoms with Gasteiger partial charge in [-0.25, -0.2) is 0 Å². The summed E-state index contributed by atoms with van der Waals surface area (Å²) in [6.07, 6.45) is 62.6. The Morgan fingerprint density at radius 1 is 0.446 bits per heavy atom. The van der Waals surface area contributed by atoms with Crippen LogP contribution in [0.1, 0.15) is 341 Å². The van der Waals surface area contributed by atoms with Gasteiger partial charge in [-0.1, -0.05) is 309 Å². The molecule has 0 aliphatic carbocycles. The van der Waals surface area contributed by atoms with E-state index in [9.17, 15) is 30.3 Å². The largest absolute Gasteiger partial charge is 0.394 e. The molecule has 0 spiro atoms. The molecule has 1 saturated heterocycles. The monoisotopic (exact) mass is 1050 g/mol. The van der Waals surface area contributed by atoms with E-state index in [1.807, 2.05) is 0 Å². The van der Waals surface area contributed by atoms with Gasteiger partial charge in [0.1, 0.15) is 24.4 Å². The van der Waals surface area contributed by atoms with Gasteiger partial charge >= 0.3 is 0 Å². The highest BCUT2D eigenvalue weighted by molar-refractivity contribution is 5.76. The Balaban J connectivity index is 2.13. The van der Waals surface area contributed by atoms with Gasteiger partial charge in [0.2, 0.25) is 5.91 Å². The van der Waals surface area contributed by atoms with Crippen molar-refractivity contribution in [3.63, 3.8) is 0 Å². The summed E-state index contributed by atoms with van der Waals surface area (Å²) in [5.74, 6) is -0.136. The maximum Gasteiger partial charge on any atom is 0.220 e. The topological polar surface area (TPSA) is 149 Å². The van der Waals surface area contributed by atoms with Crippen molar-refractivity contribution in [2.45, 2.75) is 384 Å². The van der Waals surface area contributed by atoms with Crippen molar-refractivity contribution in [1.82, 2.24) is 5.32 Å². The van der Waals surface area contributed by atoms with Crippen LogP contribution in [0.4, 0.5) is 0 Å². The molecule has 0 aromatic heterocycles. The van der Waals surface area contributed by atoms with Crippen LogP contribution in [0, 0.1) is 0 Å². The summed E-state index contributed by atoms with van der Waals surface area (Å²) in [7, 11) is 0. The van der Waals surface area contributed by atoms with E-state index in [4.69, 9.17) is 9.47 Å². The van der Waals surface area contributed by atoms with E-state index in [2.05, 4.69) is 31.3 Å². The fourth-order valence-corrected chi connectivity index (χ4v) is 10.9. The molecule has 1 aliphatic rings. The molecule has 7 unspecified atom stereocenters. The molecule has 0 aromatic carbocycles. The summed E-state index contributed by atoms with van der Waals surface area (Å²) < 4.78 is 11.4. The number of aliphatic hydroxyl groups is 5. The normalized spacial score (nSPS) is 18.9. The second-order valence-electron chi connectivity index (χ2n) is 23.3. The fraction of sp³-hybridized carbons (Fsp3) is 0.954. The highest BCUT2D eigenvalue weighted by atomic mass is 16.7. The van der Waals surface area contributed by atoms with Crippen LogP contribution in [-0.2, 0) is 14.3 Å². The molecule has 1 aliphatic heterocycles. The van der Waals surface area contributed by atoms with Gasteiger partial charge in [-0.15, -0.1) is 0 Å². The lowest BCUT2D eigenvalue weighted by Crippen LogP contribution is -2.60. The van der Waals surface area contributed by atoms with Crippen molar-refractivity contribution < 1.29 is 39.8 Å². The number of hydrogen-bond donors (Lipinski definition) is 6. The van der Waals surface area contributed by atoms with Crippen LogP contribution in [0.3, 0.4) is 0 Å². The van der Waals surface area contributed by atoms with Gasteiger partial charge in [-0.05, 0) is 38.5 Å². The molecule has 1 amide bonds. The van der Waals surface area contributed by atoms with Crippen LogP contribution in [0.25, 0.3) is 0 Å². The summed E-state index contributed by atoms with van der Waals surface area (Å²) in [4.78, 5) is 13.1. The predicted molar refractivity (Wildman–Crippen MR) is 314 cm³/mol. The van der Waals surface area contributed by atoms with E-state index in [0.717, 1.165) is 38.5 Å². The summed E-state index contributed by atoms with van der Waals surface area (Å²) in [6, 6.07) is -0.717. The van der Waals surface area contributed by atoms with Gasteiger partial charge in [-0.3, -0.25) is 4.79 Å². The number of ether oxygens (including phenoxy) is 2. The summed E-state index contributed by atoms with van der Waals surface area (Å²) >= 11 is 0. The molecule has 9 heteroatoms. The third-order valence-corrected chi connectivity index (χ3v) is 16.1. The average molecular weight is 1050 g/mol. The molecular weight excluding hydrogens is 923 g/mol. The molecule has 74 heavy (non-hydrogen) atoms. The summed E-state index contributed by atoms with van der Waals surface area (Å²) in [6.45, 7) is 3.89. The molecule has 9 nitrogen and oxygen atoms in total. The van der Waals surface area contributed by atoms with Gasteiger partial charge in [0.15, 0.2) is 6.29 Å². The van der Waals surface area contributed by atoms with E-state index < -0.39 is 49.5 Å². The Bertz CT molecular complexity index is 1170. The Morgan fingerprint density at radius 3 is 1.09 bits per heavy atom. The highest BCUT2D eigenvalue weighted by Crippen LogP contribution is 2.24. The molecule has 0 saturated carbocycles. The second kappa shape index (κ2) is 55.3. The molecule has 440 valence electrons. The second-order valence-corrected chi connectivity index (χ2v) is 23.3. The first-order valence-electron chi connectivity index (χ1n) is 32.9. The molecule has 0 radical (unpaired) electrons. The average Bonchev–Trinajstić information content (AvgIpc) is 3.40. The quantitative estimate of drug-likeness (QED) is 0.0261. The zero-order chi connectivity index (χ0) is 53.6. The molecule has 1 rings (SSSR count). The zero-order valence-corrected chi connectivity index (χ0v) is 49.1. The third-order valence-electron chi connectivity index (χ3n) is 16.1.